The Balaban J connectivity index is 1.64. The fourth-order valence-electron chi connectivity index (χ4n) is 3.41. The minimum absolute atomic E-state index is 0.0661. The zero-order valence-electron chi connectivity index (χ0n) is 17.6. The number of hydrogen-bond donors (Lipinski definition) is 1. The summed E-state index contributed by atoms with van der Waals surface area (Å²) in [6.07, 6.45) is -0.0422. The van der Waals surface area contributed by atoms with Crippen LogP contribution in [0.1, 0.15) is 31.4 Å². The Labute approximate surface area is 198 Å². The summed E-state index contributed by atoms with van der Waals surface area (Å²) in [5, 5.41) is 16.4. The van der Waals surface area contributed by atoms with Crippen LogP contribution in [0, 0.1) is 0 Å². The third-order valence-electron chi connectivity index (χ3n) is 4.83. The zero-order chi connectivity index (χ0) is 22.4. The average molecular weight is 486 g/mol. The highest BCUT2D eigenvalue weighted by Gasteiger charge is 2.26. The molecule has 168 valence electrons. The monoisotopic (exact) mass is 484 g/mol. The van der Waals surface area contributed by atoms with E-state index in [0.29, 0.717) is 41.1 Å². The van der Waals surface area contributed by atoms with Crippen molar-refractivity contribution in [2.24, 2.45) is 5.16 Å². The summed E-state index contributed by atoms with van der Waals surface area (Å²) in [7, 11) is 0. The van der Waals surface area contributed by atoms with Crippen molar-refractivity contribution in [3.63, 3.8) is 0 Å². The molecule has 0 unspecified atom stereocenters. The quantitative estimate of drug-likeness (QED) is 0.488. The van der Waals surface area contributed by atoms with Gasteiger partial charge in [0.15, 0.2) is 0 Å². The summed E-state index contributed by atoms with van der Waals surface area (Å²) >= 11 is 18.3. The van der Waals surface area contributed by atoms with Crippen LogP contribution in [0.4, 0.5) is 0 Å². The van der Waals surface area contributed by atoms with Gasteiger partial charge in [-0.3, -0.25) is 4.90 Å². The third kappa shape index (κ3) is 7.63. The summed E-state index contributed by atoms with van der Waals surface area (Å²) in [6, 6.07) is 13.2. The Hall–Kier alpha value is -1.34. The Morgan fingerprint density at radius 2 is 1.97 bits per heavy atom. The van der Waals surface area contributed by atoms with Gasteiger partial charge in [0.25, 0.3) is 0 Å². The number of aliphatic hydroxyl groups excluding tert-OH is 1. The van der Waals surface area contributed by atoms with Gasteiger partial charge in [0.2, 0.25) is 0 Å². The number of halogens is 3. The smallest absolute Gasteiger partial charge is 0.145 e. The molecule has 8 heteroatoms. The standard InChI is InChI=1S/C23H27Cl3N2O3/c1-15(2)30-14-19(29)12-28(11-16-4-3-5-18(24)8-16)13-20-10-23(27-31-20)17-6-7-21(25)22(26)9-17/h3-9,15,19-20,29H,10-14H2,1-2H3/t19-,20-/m1/s1. The number of nitrogens with zero attached hydrogens (tertiary/aromatic N) is 2. The van der Waals surface area contributed by atoms with Gasteiger partial charge < -0.3 is 14.7 Å². The number of ether oxygens (including phenoxy) is 1. The molecule has 31 heavy (non-hydrogen) atoms. The first kappa shape index (κ1) is 24.3. The maximum atomic E-state index is 10.5. The number of oxime groups is 1. The fraction of sp³-hybridized carbons (Fsp3) is 0.435. The SMILES string of the molecule is CC(C)OC[C@H](O)CN(Cc1cccc(Cl)c1)C[C@H]1CC(c2ccc(Cl)c(Cl)c2)=NO1. The van der Waals surface area contributed by atoms with Crippen LogP contribution < -0.4 is 0 Å². The van der Waals surface area contributed by atoms with Gasteiger partial charge in [-0.1, -0.05) is 58.2 Å². The normalized spacial score (nSPS) is 17.2. The molecule has 0 bridgehead atoms. The van der Waals surface area contributed by atoms with E-state index in [0.717, 1.165) is 16.8 Å². The first-order chi connectivity index (χ1) is 14.8. The van der Waals surface area contributed by atoms with E-state index in [2.05, 4.69) is 10.1 Å². The Morgan fingerprint density at radius 1 is 1.16 bits per heavy atom. The van der Waals surface area contributed by atoms with Gasteiger partial charge in [0.1, 0.15) is 6.10 Å². The molecule has 0 amide bonds. The summed E-state index contributed by atoms with van der Waals surface area (Å²) in [6.45, 7) is 5.84. The number of benzene rings is 2. The molecule has 2 aromatic rings. The number of aliphatic hydroxyl groups is 1. The molecule has 1 aliphatic rings. The van der Waals surface area contributed by atoms with Crippen molar-refractivity contribution in [3.05, 3.63) is 68.7 Å². The van der Waals surface area contributed by atoms with E-state index in [9.17, 15) is 5.11 Å². The second kappa shape index (κ2) is 11.5. The van der Waals surface area contributed by atoms with Gasteiger partial charge in [0, 0.05) is 36.6 Å². The topological polar surface area (TPSA) is 54.3 Å². The Bertz CT molecular complexity index is 907. The lowest BCUT2D eigenvalue weighted by Gasteiger charge is -2.27. The lowest BCUT2D eigenvalue weighted by atomic mass is 10.0. The molecule has 1 heterocycles. The number of hydrogen-bond acceptors (Lipinski definition) is 5. The minimum atomic E-state index is -0.613. The summed E-state index contributed by atoms with van der Waals surface area (Å²) < 4.78 is 5.56. The van der Waals surface area contributed by atoms with Crippen molar-refractivity contribution >= 4 is 40.5 Å². The van der Waals surface area contributed by atoms with Crippen LogP contribution >= 0.6 is 34.8 Å². The van der Waals surface area contributed by atoms with Crippen LogP contribution in [0.3, 0.4) is 0 Å². The summed E-state index contributed by atoms with van der Waals surface area (Å²) in [5.41, 5.74) is 2.78. The molecule has 5 nitrogen and oxygen atoms in total. The molecule has 1 aliphatic heterocycles. The van der Waals surface area contributed by atoms with Gasteiger partial charge >= 0.3 is 0 Å². The van der Waals surface area contributed by atoms with Gasteiger partial charge in [-0.05, 0) is 43.7 Å². The summed E-state index contributed by atoms with van der Waals surface area (Å²) in [4.78, 5) is 7.83. The van der Waals surface area contributed by atoms with E-state index in [4.69, 9.17) is 44.4 Å². The predicted molar refractivity (Wildman–Crippen MR) is 126 cm³/mol. The van der Waals surface area contributed by atoms with E-state index < -0.39 is 6.10 Å². The maximum Gasteiger partial charge on any atom is 0.145 e. The molecule has 0 radical (unpaired) electrons. The lowest BCUT2D eigenvalue weighted by molar-refractivity contribution is -0.0194. The van der Waals surface area contributed by atoms with Gasteiger partial charge in [-0.15, -0.1) is 0 Å². The molecule has 0 aromatic heterocycles. The van der Waals surface area contributed by atoms with Crippen LogP contribution in [0.5, 0.6) is 0 Å². The van der Waals surface area contributed by atoms with Crippen molar-refractivity contribution in [1.82, 2.24) is 4.90 Å². The molecule has 3 rings (SSSR count). The van der Waals surface area contributed by atoms with Crippen LogP contribution in [0.2, 0.25) is 15.1 Å². The molecule has 0 saturated heterocycles. The first-order valence-electron chi connectivity index (χ1n) is 10.2. The van der Waals surface area contributed by atoms with Gasteiger partial charge in [-0.2, -0.15) is 0 Å². The van der Waals surface area contributed by atoms with Crippen LogP contribution in [0.25, 0.3) is 0 Å². The second-order valence-corrected chi connectivity index (χ2v) is 9.21. The Kier molecular flexibility index (Phi) is 9.02. The molecule has 0 fully saturated rings. The van der Waals surface area contributed by atoms with Crippen LogP contribution in [0.15, 0.2) is 47.6 Å². The predicted octanol–water partition coefficient (Wildman–Crippen LogP) is 5.43. The Morgan fingerprint density at radius 3 is 2.68 bits per heavy atom. The average Bonchev–Trinajstić information content (AvgIpc) is 3.17. The zero-order valence-corrected chi connectivity index (χ0v) is 19.9. The van der Waals surface area contributed by atoms with E-state index in [-0.39, 0.29) is 18.8 Å². The van der Waals surface area contributed by atoms with Gasteiger partial charge in [-0.25, -0.2) is 0 Å². The van der Waals surface area contributed by atoms with Crippen LogP contribution in [-0.2, 0) is 16.1 Å². The highest BCUT2D eigenvalue weighted by molar-refractivity contribution is 6.42. The van der Waals surface area contributed by atoms with Crippen LogP contribution in [-0.4, -0.2) is 53.7 Å². The molecule has 2 atom stereocenters. The molecule has 0 spiro atoms. The van der Waals surface area contributed by atoms with E-state index in [1.54, 1.807) is 12.1 Å². The second-order valence-electron chi connectivity index (χ2n) is 7.96. The molecular formula is C23H27Cl3N2O3. The van der Waals surface area contributed by atoms with Crippen molar-refractivity contribution in [2.45, 2.75) is 45.1 Å². The maximum absolute atomic E-state index is 10.5. The van der Waals surface area contributed by atoms with E-state index in [1.807, 2.05) is 44.2 Å². The van der Waals surface area contributed by atoms with Gasteiger partial charge in [0.05, 0.1) is 34.6 Å². The van der Waals surface area contributed by atoms with Crippen molar-refractivity contribution in [2.75, 3.05) is 19.7 Å². The van der Waals surface area contributed by atoms with Crippen molar-refractivity contribution < 1.29 is 14.7 Å². The van der Waals surface area contributed by atoms with E-state index >= 15 is 0 Å². The largest absolute Gasteiger partial charge is 0.390 e. The van der Waals surface area contributed by atoms with E-state index in [1.165, 1.54) is 0 Å². The lowest BCUT2D eigenvalue weighted by Crippen LogP contribution is -2.39. The highest BCUT2D eigenvalue weighted by Crippen LogP contribution is 2.26. The first-order valence-corrected chi connectivity index (χ1v) is 11.4. The summed E-state index contributed by atoms with van der Waals surface area (Å²) in [5.74, 6) is 0. The fourth-order valence-corrected chi connectivity index (χ4v) is 3.92. The highest BCUT2D eigenvalue weighted by atomic mass is 35.5. The molecule has 0 saturated carbocycles. The minimum Gasteiger partial charge on any atom is -0.390 e. The third-order valence-corrected chi connectivity index (χ3v) is 5.81. The number of rotatable bonds is 10. The van der Waals surface area contributed by atoms with Crippen molar-refractivity contribution in [3.8, 4) is 0 Å². The van der Waals surface area contributed by atoms with Crippen molar-refractivity contribution in [1.29, 1.82) is 0 Å². The molecule has 0 aliphatic carbocycles. The molecular weight excluding hydrogens is 459 g/mol. The molecule has 2 aromatic carbocycles. The molecule has 1 N–H and O–H groups in total.